The van der Waals surface area contributed by atoms with E-state index in [0.717, 1.165) is 50.8 Å². The van der Waals surface area contributed by atoms with Crippen LogP contribution in [0.4, 0.5) is 0 Å². The quantitative estimate of drug-likeness (QED) is 0.289. The van der Waals surface area contributed by atoms with Crippen molar-refractivity contribution in [2.45, 2.75) is 19.6 Å². The first-order valence-electron chi connectivity index (χ1n) is 10.4. The molecule has 0 bridgehead atoms. The zero-order valence-corrected chi connectivity index (χ0v) is 18.6. The SMILES string of the molecule is NCc1ccc(CNCc2cc(-c3c[nH]c4ccc(Br)cc34)nc3ccccc23)cc1. The van der Waals surface area contributed by atoms with Crippen molar-refractivity contribution in [1.82, 2.24) is 15.3 Å². The summed E-state index contributed by atoms with van der Waals surface area (Å²) in [6.07, 6.45) is 2.05. The number of H-pyrrole nitrogens is 1. The molecule has 0 aliphatic rings. The van der Waals surface area contributed by atoms with Gasteiger partial charge in [-0.15, -0.1) is 0 Å². The van der Waals surface area contributed by atoms with Gasteiger partial charge in [0.1, 0.15) is 0 Å². The van der Waals surface area contributed by atoms with Crippen LogP contribution < -0.4 is 11.1 Å². The molecule has 0 spiro atoms. The van der Waals surface area contributed by atoms with Crippen LogP contribution in [0.1, 0.15) is 16.7 Å². The van der Waals surface area contributed by atoms with E-state index < -0.39 is 0 Å². The molecule has 5 rings (SSSR count). The van der Waals surface area contributed by atoms with Gasteiger partial charge in [0.25, 0.3) is 0 Å². The summed E-state index contributed by atoms with van der Waals surface area (Å²) < 4.78 is 1.06. The number of nitrogens with one attached hydrogen (secondary N) is 2. The normalized spacial score (nSPS) is 11.4. The van der Waals surface area contributed by atoms with Crippen molar-refractivity contribution < 1.29 is 0 Å². The highest BCUT2D eigenvalue weighted by atomic mass is 79.9. The van der Waals surface area contributed by atoms with Gasteiger partial charge in [-0.1, -0.05) is 58.4 Å². The van der Waals surface area contributed by atoms with Crippen LogP contribution in [0.5, 0.6) is 0 Å². The topological polar surface area (TPSA) is 66.7 Å². The van der Waals surface area contributed by atoms with Crippen LogP contribution in [0, 0.1) is 0 Å². The molecule has 154 valence electrons. The fourth-order valence-corrected chi connectivity index (χ4v) is 4.33. The number of hydrogen-bond acceptors (Lipinski definition) is 3. The third-order valence-electron chi connectivity index (χ3n) is 5.62. The molecule has 5 heteroatoms. The predicted molar refractivity (Wildman–Crippen MR) is 132 cm³/mol. The number of para-hydroxylation sites is 1. The number of aromatic nitrogens is 2. The van der Waals surface area contributed by atoms with Crippen molar-refractivity contribution >= 4 is 37.7 Å². The molecule has 0 saturated carbocycles. The van der Waals surface area contributed by atoms with E-state index in [1.54, 1.807) is 0 Å². The number of halogens is 1. The summed E-state index contributed by atoms with van der Waals surface area (Å²) in [5.74, 6) is 0. The maximum absolute atomic E-state index is 5.70. The van der Waals surface area contributed by atoms with E-state index in [0.29, 0.717) is 6.54 Å². The van der Waals surface area contributed by atoms with Crippen molar-refractivity contribution in [2.75, 3.05) is 0 Å². The summed E-state index contributed by atoms with van der Waals surface area (Å²) in [6, 6.07) is 25.3. The predicted octanol–water partition coefficient (Wildman–Crippen LogP) is 5.89. The van der Waals surface area contributed by atoms with Crippen LogP contribution in [0.15, 0.2) is 83.5 Å². The molecule has 0 unspecified atom stereocenters. The highest BCUT2D eigenvalue weighted by Gasteiger charge is 2.12. The number of pyridine rings is 1. The molecule has 0 aliphatic carbocycles. The number of nitrogens with zero attached hydrogens (tertiary/aromatic N) is 1. The zero-order chi connectivity index (χ0) is 21.2. The van der Waals surface area contributed by atoms with Crippen molar-refractivity contribution in [3.05, 3.63) is 100 Å². The molecule has 2 aromatic heterocycles. The van der Waals surface area contributed by atoms with Crippen LogP contribution in [-0.2, 0) is 19.6 Å². The molecular formula is C26H23BrN4. The summed E-state index contributed by atoms with van der Waals surface area (Å²) in [6.45, 7) is 2.14. The summed E-state index contributed by atoms with van der Waals surface area (Å²) in [5.41, 5.74) is 13.5. The Morgan fingerprint density at radius 2 is 1.68 bits per heavy atom. The van der Waals surface area contributed by atoms with E-state index >= 15 is 0 Å². The summed E-state index contributed by atoms with van der Waals surface area (Å²) in [4.78, 5) is 8.34. The second-order valence-electron chi connectivity index (χ2n) is 7.70. The molecule has 0 saturated heterocycles. The number of aromatic amines is 1. The Bertz CT molecular complexity index is 1360. The average molecular weight is 471 g/mol. The first-order valence-corrected chi connectivity index (χ1v) is 11.1. The first kappa shape index (κ1) is 19.9. The van der Waals surface area contributed by atoms with E-state index in [-0.39, 0.29) is 0 Å². The minimum atomic E-state index is 0.573. The van der Waals surface area contributed by atoms with Gasteiger partial charge in [-0.3, -0.25) is 0 Å². The van der Waals surface area contributed by atoms with Gasteiger partial charge in [0.05, 0.1) is 11.2 Å². The summed E-state index contributed by atoms with van der Waals surface area (Å²) >= 11 is 3.59. The third-order valence-corrected chi connectivity index (χ3v) is 6.12. The van der Waals surface area contributed by atoms with Gasteiger partial charge in [-0.05, 0) is 47.0 Å². The minimum Gasteiger partial charge on any atom is -0.360 e. The third kappa shape index (κ3) is 4.12. The van der Waals surface area contributed by atoms with Crippen LogP contribution in [0.25, 0.3) is 33.1 Å². The van der Waals surface area contributed by atoms with E-state index in [4.69, 9.17) is 10.7 Å². The van der Waals surface area contributed by atoms with Gasteiger partial charge < -0.3 is 16.0 Å². The van der Waals surface area contributed by atoms with E-state index in [2.05, 4.69) is 86.9 Å². The van der Waals surface area contributed by atoms with Crippen molar-refractivity contribution in [1.29, 1.82) is 0 Å². The Morgan fingerprint density at radius 3 is 2.52 bits per heavy atom. The molecule has 0 radical (unpaired) electrons. The number of fused-ring (bicyclic) bond motifs is 2. The Labute approximate surface area is 189 Å². The van der Waals surface area contributed by atoms with Gasteiger partial charge in [0.2, 0.25) is 0 Å². The molecule has 5 aromatic rings. The van der Waals surface area contributed by atoms with Crippen molar-refractivity contribution in [3.63, 3.8) is 0 Å². The van der Waals surface area contributed by atoms with Gasteiger partial charge in [-0.2, -0.15) is 0 Å². The molecule has 4 N–H and O–H groups in total. The molecule has 4 nitrogen and oxygen atoms in total. The number of nitrogens with two attached hydrogens (primary N) is 1. The van der Waals surface area contributed by atoms with Crippen molar-refractivity contribution in [2.24, 2.45) is 5.73 Å². The lowest BCUT2D eigenvalue weighted by Crippen LogP contribution is -2.13. The van der Waals surface area contributed by atoms with Crippen LogP contribution >= 0.6 is 15.9 Å². The maximum Gasteiger partial charge on any atom is 0.0734 e. The van der Waals surface area contributed by atoms with Gasteiger partial charge in [0, 0.05) is 52.2 Å². The lowest BCUT2D eigenvalue weighted by atomic mass is 10.0. The monoisotopic (exact) mass is 470 g/mol. The molecule has 0 atom stereocenters. The van der Waals surface area contributed by atoms with E-state index in [1.165, 1.54) is 16.5 Å². The molecule has 0 fully saturated rings. The second kappa shape index (κ2) is 8.63. The maximum atomic E-state index is 5.70. The minimum absolute atomic E-state index is 0.573. The number of hydrogen-bond donors (Lipinski definition) is 3. The number of rotatable bonds is 6. The second-order valence-corrected chi connectivity index (χ2v) is 8.62. The molecule has 0 aliphatic heterocycles. The summed E-state index contributed by atoms with van der Waals surface area (Å²) in [5, 5.41) is 5.93. The van der Waals surface area contributed by atoms with Crippen LogP contribution in [0.2, 0.25) is 0 Å². The zero-order valence-electron chi connectivity index (χ0n) is 17.0. The number of benzene rings is 3. The van der Waals surface area contributed by atoms with E-state index in [9.17, 15) is 0 Å². The highest BCUT2D eigenvalue weighted by molar-refractivity contribution is 9.10. The average Bonchev–Trinajstić information content (AvgIpc) is 3.22. The highest BCUT2D eigenvalue weighted by Crippen LogP contribution is 2.32. The Balaban J connectivity index is 1.47. The van der Waals surface area contributed by atoms with E-state index in [1.807, 2.05) is 18.3 Å². The Morgan fingerprint density at radius 1 is 0.871 bits per heavy atom. The standard InChI is InChI=1S/C26H23BrN4/c27-20-9-10-24-22(12-20)23(16-30-24)26-11-19(21-3-1-2-4-25(21)31-26)15-29-14-18-7-5-17(13-28)6-8-18/h1-12,16,29-30H,13-15,28H2. The van der Waals surface area contributed by atoms with Gasteiger partial charge >= 0.3 is 0 Å². The fraction of sp³-hybridized carbons (Fsp3) is 0.115. The first-order chi connectivity index (χ1) is 15.2. The fourth-order valence-electron chi connectivity index (χ4n) is 3.97. The van der Waals surface area contributed by atoms with Crippen LogP contribution in [-0.4, -0.2) is 9.97 Å². The van der Waals surface area contributed by atoms with Gasteiger partial charge in [0.15, 0.2) is 0 Å². The molecule has 31 heavy (non-hydrogen) atoms. The molecule has 3 aromatic carbocycles. The smallest absolute Gasteiger partial charge is 0.0734 e. The largest absolute Gasteiger partial charge is 0.360 e. The molecule has 2 heterocycles. The van der Waals surface area contributed by atoms with Gasteiger partial charge in [-0.25, -0.2) is 4.98 Å². The van der Waals surface area contributed by atoms with Crippen LogP contribution in [0.3, 0.4) is 0 Å². The molecule has 0 amide bonds. The summed E-state index contributed by atoms with van der Waals surface area (Å²) in [7, 11) is 0. The van der Waals surface area contributed by atoms with Crippen molar-refractivity contribution in [3.8, 4) is 11.3 Å². The Hall–Kier alpha value is -2.99. The molecular weight excluding hydrogens is 448 g/mol. The Kier molecular flexibility index (Phi) is 5.55. The lowest BCUT2D eigenvalue weighted by Gasteiger charge is -2.11. The lowest BCUT2D eigenvalue weighted by molar-refractivity contribution is 0.696.